The lowest BCUT2D eigenvalue weighted by Crippen LogP contribution is -1.91. The van der Waals surface area contributed by atoms with Gasteiger partial charge in [-0.1, -0.05) is 0 Å². The van der Waals surface area contributed by atoms with Gasteiger partial charge in [0.1, 0.15) is 4.60 Å². The first-order chi connectivity index (χ1) is 5.66. The maximum absolute atomic E-state index is 5.45. The summed E-state index contributed by atoms with van der Waals surface area (Å²) in [6.07, 6.45) is 0. The molecule has 0 aliphatic rings. The highest BCUT2D eigenvalue weighted by molar-refractivity contribution is 9.10. The molecule has 0 saturated heterocycles. The van der Waals surface area contributed by atoms with Gasteiger partial charge in [-0.3, -0.25) is 0 Å². The summed E-state index contributed by atoms with van der Waals surface area (Å²) in [5.41, 5.74) is 7.34. The first-order valence-electron chi connectivity index (χ1n) is 3.45. The standard InChI is InChI=1S/C7H7BrN4/c1-4-2-5(8)12-6(3-4)10-7(9)11-12/h2-3H,1H3,(H2,9,11). The summed E-state index contributed by atoms with van der Waals surface area (Å²) in [5, 5.41) is 3.99. The normalized spacial score (nSPS) is 10.8. The Morgan fingerprint density at radius 3 is 3.00 bits per heavy atom. The Morgan fingerprint density at radius 1 is 1.50 bits per heavy atom. The number of hydrogen-bond donors (Lipinski definition) is 1. The van der Waals surface area contributed by atoms with Crippen molar-refractivity contribution < 1.29 is 0 Å². The molecule has 2 aromatic rings. The highest BCUT2D eigenvalue weighted by Gasteiger charge is 2.03. The molecule has 0 bridgehead atoms. The fourth-order valence-corrected chi connectivity index (χ4v) is 1.71. The molecule has 0 amide bonds. The molecule has 2 heterocycles. The van der Waals surface area contributed by atoms with Crippen molar-refractivity contribution in [2.45, 2.75) is 6.92 Å². The quantitative estimate of drug-likeness (QED) is 0.691. The molecule has 0 aliphatic carbocycles. The molecule has 0 fully saturated rings. The van der Waals surface area contributed by atoms with Crippen molar-refractivity contribution in [1.29, 1.82) is 0 Å². The van der Waals surface area contributed by atoms with Gasteiger partial charge in [0.25, 0.3) is 0 Å². The summed E-state index contributed by atoms with van der Waals surface area (Å²) in [4.78, 5) is 4.03. The largest absolute Gasteiger partial charge is 0.366 e. The fourth-order valence-electron chi connectivity index (χ4n) is 1.09. The van der Waals surface area contributed by atoms with Gasteiger partial charge in [0.05, 0.1) is 0 Å². The Balaban J connectivity index is 2.88. The molecule has 0 atom stereocenters. The van der Waals surface area contributed by atoms with E-state index < -0.39 is 0 Å². The Bertz CT molecular complexity index is 434. The van der Waals surface area contributed by atoms with Crippen molar-refractivity contribution >= 4 is 27.5 Å². The zero-order chi connectivity index (χ0) is 8.72. The van der Waals surface area contributed by atoms with Gasteiger partial charge in [0, 0.05) is 0 Å². The van der Waals surface area contributed by atoms with Gasteiger partial charge in [-0.2, -0.15) is 4.98 Å². The summed E-state index contributed by atoms with van der Waals surface area (Å²) in [6, 6.07) is 3.88. The predicted octanol–water partition coefficient (Wildman–Crippen LogP) is 1.38. The summed E-state index contributed by atoms with van der Waals surface area (Å²) in [6.45, 7) is 2.00. The predicted molar refractivity (Wildman–Crippen MR) is 49.8 cm³/mol. The Hall–Kier alpha value is -1.10. The fraction of sp³-hybridized carbons (Fsp3) is 0.143. The van der Waals surface area contributed by atoms with Crippen LogP contribution in [0.15, 0.2) is 16.7 Å². The molecule has 2 rings (SSSR count). The molecule has 0 aromatic carbocycles. The highest BCUT2D eigenvalue weighted by Crippen LogP contribution is 2.15. The van der Waals surface area contributed by atoms with E-state index in [4.69, 9.17) is 5.73 Å². The number of aryl methyl sites for hydroxylation is 1. The molecular weight excluding hydrogens is 220 g/mol. The van der Waals surface area contributed by atoms with E-state index in [1.54, 1.807) is 4.52 Å². The van der Waals surface area contributed by atoms with Crippen LogP contribution >= 0.6 is 15.9 Å². The van der Waals surface area contributed by atoms with Crippen molar-refractivity contribution in [3.05, 3.63) is 22.3 Å². The average Bonchev–Trinajstić information content (AvgIpc) is 2.29. The van der Waals surface area contributed by atoms with Gasteiger partial charge < -0.3 is 5.73 Å². The third kappa shape index (κ3) is 1.06. The number of nitrogen functional groups attached to an aromatic ring is 1. The maximum Gasteiger partial charge on any atom is 0.240 e. The lowest BCUT2D eigenvalue weighted by atomic mass is 10.3. The number of fused-ring (bicyclic) bond motifs is 1. The smallest absolute Gasteiger partial charge is 0.240 e. The Kier molecular flexibility index (Phi) is 1.54. The topological polar surface area (TPSA) is 56.2 Å². The number of anilines is 1. The van der Waals surface area contributed by atoms with Crippen LogP contribution in [0.4, 0.5) is 5.95 Å². The summed E-state index contributed by atoms with van der Waals surface area (Å²) < 4.78 is 2.52. The van der Waals surface area contributed by atoms with E-state index in [-0.39, 0.29) is 0 Å². The second-order valence-electron chi connectivity index (χ2n) is 2.60. The van der Waals surface area contributed by atoms with Crippen LogP contribution in [-0.4, -0.2) is 14.6 Å². The number of rotatable bonds is 0. The van der Waals surface area contributed by atoms with Gasteiger partial charge in [-0.05, 0) is 40.5 Å². The van der Waals surface area contributed by atoms with Crippen LogP contribution in [0.25, 0.3) is 5.65 Å². The molecule has 0 unspecified atom stereocenters. The average molecular weight is 227 g/mol. The van der Waals surface area contributed by atoms with Crippen LogP contribution in [0.5, 0.6) is 0 Å². The number of halogens is 1. The molecule has 5 heteroatoms. The zero-order valence-corrected chi connectivity index (χ0v) is 8.04. The Morgan fingerprint density at radius 2 is 2.25 bits per heavy atom. The van der Waals surface area contributed by atoms with E-state index in [1.807, 2.05) is 19.1 Å². The van der Waals surface area contributed by atoms with Gasteiger partial charge in [-0.15, -0.1) is 5.10 Å². The minimum Gasteiger partial charge on any atom is -0.366 e. The van der Waals surface area contributed by atoms with Crippen molar-refractivity contribution in [3.8, 4) is 0 Å². The highest BCUT2D eigenvalue weighted by atomic mass is 79.9. The zero-order valence-electron chi connectivity index (χ0n) is 6.45. The van der Waals surface area contributed by atoms with Crippen molar-refractivity contribution in [2.75, 3.05) is 5.73 Å². The Labute approximate surface area is 77.5 Å². The van der Waals surface area contributed by atoms with Crippen molar-refractivity contribution in [1.82, 2.24) is 14.6 Å². The van der Waals surface area contributed by atoms with E-state index in [0.717, 1.165) is 15.8 Å². The van der Waals surface area contributed by atoms with E-state index in [9.17, 15) is 0 Å². The van der Waals surface area contributed by atoms with E-state index in [0.29, 0.717) is 5.95 Å². The van der Waals surface area contributed by atoms with E-state index >= 15 is 0 Å². The first kappa shape index (κ1) is 7.54. The molecule has 0 spiro atoms. The van der Waals surface area contributed by atoms with Crippen LogP contribution < -0.4 is 5.73 Å². The van der Waals surface area contributed by atoms with Gasteiger partial charge in [0.2, 0.25) is 5.95 Å². The monoisotopic (exact) mass is 226 g/mol. The maximum atomic E-state index is 5.45. The molecular formula is C7H7BrN4. The van der Waals surface area contributed by atoms with Crippen molar-refractivity contribution in [3.63, 3.8) is 0 Å². The summed E-state index contributed by atoms with van der Waals surface area (Å²) >= 11 is 3.37. The number of nitrogens with two attached hydrogens (primary N) is 1. The lowest BCUT2D eigenvalue weighted by Gasteiger charge is -1.96. The minimum absolute atomic E-state index is 0.293. The number of nitrogens with zero attached hydrogens (tertiary/aromatic N) is 3. The van der Waals surface area contributed by atoms with Gasteiger partial charge in [0.15, 0.2) is 5.65 Å². The molecule has 0 radical (unpaired) electrons. The van der Waals surface area contributed by atoms with Crippen LogP contribution in [0.3, 0.4) is 0 Å². The van der Waals surface area contributed by atoms with Crippen LogP contribution in [0, 0.1) is 6.92 Å². The summed E-state index contributed by atoms with van der Waals surface area (Å²) in [7, 11) is 0. The van der Waals surface area contributed by atoms with Crippen molar-refractivity contribution in [2.24, 2.45) is 0 Å². The molecule has 62 valence electrons. The molecule has 2 aromatic heterocycles. The van der Waals surface area contributed by atoms with Crippen LogP contribution in [0.1, 0.15) is 5.56 Å². The number of hydrogen-bond acceptors (Lipinski definition) is 3. The molecule has 4 nitrogen and oxygen atoms in total. The van der Waals surface area contributed by atoms with Gasteiger partial charge >= 0.3 is 0 Å². The van der Waals surface area contributed by atoms with E-state index in [1.165, 1.54) is 0 Å². The SMILES string of the molecule is Cc1cc(Br)n2nc(N)nc2c1. The first-order valence-corrected chi connectivity index (χ1v) is 4.24. The molecule has 0 aliphatic heterocycles. The molecule has 2 N–H and O–H groups in total. The molecule has 12 heavy (non-hydrogen) atoms. The minimum atomic E-state index is 0.293. The molecule has 0 saturated carbocycles. The summed E-state index contributed by atoms with van der Waals surface area (Å²) in [5.74, 6) is 0.293. The third-order valence-corrected chi connectivity index (χ3v) is 2.12. The van der Waals surface area contributed by atoms with Crippen LogP contribution in [-0.2, 0) is 0 Å². The second-order valence-corrected chi connectivity index (χ2v) is 3.41. The number of pyridine rings is 1. The third-order valence-electron chi connectivity index (χ3n) is 1.55. The van der Waals surface area contributed by atoms with Gasteiger partial charge in [-0.25, -0.2) is 4.52 Å². The number of aromatic nitrogens is 3. The second kappa shape index (κ2) is 2.45. The van der Waals surface area contributed by atoms with E-state index in [2.05, 4.69) is 26.0 Å². The lowest BCUT2D eigenvalue weighted by molar-refractivity contribution is 0.938. The van der Waals surface area contributed by atoms with Crippen LogP contribution in [0.2, 0.25) is 0 Å².